The van der Waals surface area contributed by atoms with Gasteiger partial charge >= 0.3 is 5.97 Å². The Hall–Kier alpha value is -1.03. The van der Waals surface area contributed by atoms with Gasteiger partial charge in [-0.05, 0) is 6.42 Å². The highest BCUT2D eigenvalue weighted by atomic mass is 32.2. The predicted octanol–water partition coefficient (Wildman–Crippen LogP) is -0.636. The summed E-state index contributed by atoms with van der Waals surface area (Å²) in [4.78, 5) is 14.3. The molecule has 1 aromatic rings. The highest BCUT2D eigenvalue weighted by molar-refractivity contribution is 7.89. The fourth-order valence-corrected chi connectivity index (χ4v) is 2.70. The molecule has 1 rings (SSSR count). The van der Waals surface area contributed by atoms with Crippen LogP contribution in [0.3, 0.4) is 0 Å². The van der Waals surface area contributed by atoms with Crippen LogP contribution in [0, 0.1) is 0 Å². The Morgan fingerprint density at radius 1 is 1.65 bits per heavy atom. The van der Waals surface area contributed by atoms with Crippen LogP contribution < -0.4 is 10.5 Å². The molecule has 4 N–H and O–H groups in total. The lowest BCUT2D eigenvalue weighted by molar-refractivity contribution is -0.138. The molecule has 0 saturated heterocycles. The van der Waals surface area contributed by atoms with E-state index >= 15 is 0 Å². The van der Waals surface area contributed by atoms with Gasteiger partial charge in [-0.25, -0.2) is 18.1 Å². The number of hydrogen-bond donors (Lipinski definition) is 3. The molecule has 1 atom stereocenters. The number of nitrogens with zero attached hydrogens (tertiary/aromatic N) is 1. The van der Waals surface area contributed by atoms with E-state index in [1.54, 1.807) is 11.6 Å². The first-order chi connectivity index (χ1) is 7.91. The average molecular weight is 279 g/mol. The maximum atomic E-state index is 11.5. The number of sulfonamides is 1. The van der Waals surface area contributed by atoms with Crippen molar-refractivity contribution in [1.82, 2.24) is 9.71 Å². The van der Waals surface area contributed by atoms with E-state index in [0.29, 0.717) is 5.01 Å². The third kappa shape index (κ3) is 5.22. The van der Waals surface area contributed by atoms with Crippen molar-refractivity contribution in [1.29, 1.82) is 0 Å². The second-order valence-corrected chi connectivity index (χ2v) is 6.20. The number of thiazole rings is 1. The largest absolute Gasteiger partial charge is 0.480 e. The van der Waals surface area contributed by atoms with E-state index in [1.165, 1.54) is 11.3 Å². The van der Waals surface area contributed by atoms with Crippen LogP contribution in [-0.4, -0.2) is 36.3 Å². The molecule has 17 heavy (non-hydrogen) atoms. The summed E-state index contributed by atoms with van der Waals surface area (Å²) in [5.74, 6) is -1.52. The zero-order chi connectivity index (χ0) is 12.9. The predicted molar refractivity (Wildman–Crippen MR) is 63.0 cm³/mol. The van der Waals surface area contributed by atoms with Gasteiger partial charge in [0.2, 0.25) is 10.0 Å². The maximum Gasteiger partial charge on any atom is 0.320 e. The van der Waals surface area contributed by atoms with E-state index in [1.807, 2.05) is 0 Å². The topological polar surface area (TPSA) is 122 Å². The van der Waals surface area contributed by atoms with E-state index in [-0.39, 0.29) is 18.7 Å². The van der Waals surface area contributed by atoms with Crippen molar-refractivity contribution in [2.45, 2.75) is 19.0 Å². The van der Waals surface area contributed by atoms with E-state index in [4.69, 9.17) is 10.8 Å². The van der Waals surface area contributed by atoms with Gasteiger partial charge in [-0.1, -0.05) is 0 Å². The van der Waals surface area contributed by atoms with Gasteiger partial charge in [0.25, 0.3) is 0 Å². The molecule has 0 radical (unpaired) electrons. The zero-order valence-electron chi connectivity index (χ0n) is 8.87. The molecule has 1 unspecified atom stereocenters. The van der Waals surface area contributed by atoms with E-state index in [0.717, 1.165) is 0 Å². The summed E-state index contributed by atoms with van der Waals surface area (Å²) in [5, 5.41) is 10.9. The van der Waals surface area contributed by atoms with Gasteiger partial charge in [0.05, 0.1) is 12.3 Å². The number of nitrogens with one attached hydrogen (secondary N) is 1. The molecule has 96 valence electrons. The molecule has 0 spiro atoms. The van der Waals surface area contributed by atoms with Crippen LogP contribution in [0.5, 0.6) is 0 Å². The van der Waals surface area contributed by atoms with Crippen molar-refractivity contribution >= 4 is 27.3 Å². The SMILES string of the molecule is NC(CCS(=O)(=O)NCc1nccs1)C(=O)O. The Balaban J connectivity index is 2.39. The van der Waals surface area contributed by atoms with Crippen LogP contribution >= 0.6 is 11.3 Å². The number of carbonyl (C=O) groups is 1. The van der Waals surface area contributed by atoms with Gasteiger partial charge in [-0.3, -0.25) is 4.79 Å². The van der Waals surface area contributed by atoms with E-state index in [2.05, 4.69) is 9.71 Å². The normalized spacial score (nSPS) is 13.5. The Bertz CT molecular complexity index is 457. The summed E-state index contributed by atoms with van der Waals surface area (Å²) >= 11 is 1.34. The van der Waals surface area contributed by atoms with Crippen LogP contribution in [0.4, 0.5) is 0 Å². The van der Waals surface area contributed by atoms with Gasteiger partial charge in [0.1, 0.15) is 11.0 Å². The summed E-state index contributed by atoms with van der Waals surface area (Å²) in [6.45, 7) is 0.113. The molecule has 9 heteroatoms. The molecule has 0 fully saturated rings. The van der Waals surface area contributed by atoms with Gasteiger partial charge < -0.3 is 10.8 Å². The van der Waals surface area contributed by atoms with Crippen LogP contribution in [-0.2, 0) is 21.4 Å². The Labute approximate surface area is 103 Å². The van der Waals surface area contributed by atoms with Crippen LogP contribution in [0.1, 0.15) is 11.4 Å². The molecule has 0 saturated carbocycles. The lowest BCUT2D eigenvalue weighted by Gasteiger charge is -2.07. The lowest BCUT2D eigenvalue weighted by atomic mass is 10.2. The average Bonchev–Trinajstić information content (AvgIpc) is 2.76. The number of aromatic nitrogens is 1. The Kier molecular flexibility index (Phi) is 5.00. The van der Waals surface area contributed by atoms with Crippen molar-refractivity contribution in [2.24, 2.45) is 5.73 Å². The Morgan fingerprint density at radius 3 is 2.88 bits per heavy atom. The van der Waals surface area contributed by atoms with Crippen LogP contribution in [0.15, 0.2) is 11.6 Å². The molecular formula is C8H13N3O4S2. The molecule has 7 nitrogen and oxygen atoms in total. The fourth-order valence-electron chi connectivity index (χ4n) is 0.990. The summed E-state index contributed by atoms with van der Waals surface area (Å²) in [7, 11) is -3.51. The highest BCUT2D eigenvalue weighted by Crippen LogP contribution is 2.04. The summed E-state index contributed by atoms with van der Waals surface area (Å²) in [6, 6.07) is -1.16. The molecule has 1 aromatic heterocycles. The van der Waals surface area contributed by atoms with Gasteiger partial charge in [0.15, 0.2) is 0 Å². The van der Waals surface area contributed by atoms with Gasteiger partial charge in [-0.2, -0.15) is 0 Å². The molecular weight excluding hydrogens is 266 g/mol. The second-order valence-electron chi connectivity index (χ2n) is 3.30. The molecule has 0 bridgehead atoms. The number of rotatable bonds is 7. The van der Waals surface area contributed by atoms with E-state index in [9.17, 15) is 13.2 Å². The summed E-state index contributed by atoms with van der Waals surface area (Å²) in [5.41, 5.74) is 5.21. The standard InChI is InChI=1S/C8H13N3O4S2/c9-6(8(12)13)1-4-17(14,15)11-5-7-10-2-3-16-7/h2-3,6,11H,1,4-5,9H2,(H,12,13). The molecule has 0 aromatic carbocycles. The molecule has 0 amide bonds. The maximum absolute atomic E-state index is 11.5. The number of aliphatic carboxylic acids is 1. The highest BCUT2D eigenvalue weighted by Gasteiger charge is 2.17. The van der Waals surface area contributed by atoms with Crippen molar-refractivity contribution < 1.29 is 18.3 Å². The van der Waals surface area contributed by atoms with Crippen LogP contribution in [0.2, 0.25) is 0 Å². The lowest BCUT2D eigenvalue weighted by Crippen LogP contribution is -2.35. The van der Waals surface area contributed by atoms with Crippen molar-refractivity contribution in [2.75, 3.05) is 5.75 Å². The van der Waals surface area contributed by atoms with Gasteiger partial charge in [0, 0.05) is 11.6 Å². The first-order valence-corrected chi connectivity index (χ1v) is 7.28. The smallest absolute Gasteiger partial charge is 0.320 e. The monoisotopic (exact) mass is 279 g/mol. The molecule has 0 aliphatic carbocycles. The number of carboxylic acid groups (broad SMARTS) is 1. The first kappa shape index (κ1) is 14.0. The number of carboxylic acids is 1. The summed E-state index contributed by atoms with van der Waals surface area (Å²) < 4.78 is 25.3. The number of nitrogens with two attached hydrogens (primary N) is 1. The van der Waals surface area contributed by atoms with Crippen molar-refractivity contribution in [3.05, 3.63) is 16.6 Å². The zero-order valence-corrected chi connectivity index (χ0v) is 10.5. The third-order valence-electron chi connectivity index (χ3n) is 1.94. The Morgan fingerprint density at radius 2 is 2.35 bits per heavy atom. The molecule has 0 aliphatic rings. The van der Waals surface area contributed by atoms with Crippen molar-refractivity contribution in [3.63, 3.8) is 0 Å². The van der Waals surface area contributed by atoms with Gasteiger partial charge in [-0.15, -0.1) is 11.3 Å². The molecule has 0 aliphatic heterocycles. The minimum absolute atomic E-state index is 0.113. The quantitative estimate of drug-likeness (QED) is 0.610. The summed E-state index contributed by atoms with van der Waals surface area (Å²) in [6.07, 6.45) is 1.46. The minimum atomic E-state index is -3.51. The number of hydrogen-bond acceptors (Lipinski definition) is 6. The van der Waals surface area contributed by atoms with Crippen LogP contribution in [0.25, 0.3) is 0 Å². The van der Waals surface area contributed by atoms with E-state index < -0.39 is 22.0 Å². The minimum Gasteiger partial charge on any atom is -0.480 e. The fraction of sp³-hybridized carbons (Fsp3) is 0.500. The first-order valence-electron chi connectivity index (χ1n) is 4.75. The molecule has 1 heterocycles. The third-order valence-corrected chi connectivity index (χ3v) is 4.08. The van der Waals surface area contributed by atoms with Crippen molar-refractivity contribution in [3.8, 4) is 0 Å². The second kappa shape index (κ2) is 6.05.